The highest BCUT2D eigenvalue weighted by atomic mass is 16.2. The molecule has 4 fully saturated rings. The summed E-state index contributed by atoms with van der Waals surface area (Å²) in [7, 11) is 3.58. The minimum atomic E-state index is -0.250. The Hall–Kier alpha value is -4.88. The Morgan fingerprint density at radius 2 is 1.61 bits per heavy atom. The van der Waals surface area contributed by atoms with Crippen LogP contribution in [0, 0.1) is 0 Å². The van der Waals surface area contributed by atoms with E-state index in [0.717, 1.165) is 100 Å². The van der Waals surface area contributed by atoms with E-state index in [1.54, 1.807) is 25.2 Å². The molecule has 54 heavy (non-hydrogen) atoms. The quantitative estimate of drug-likeness (QED) is 0.217. The van der Waals surface area contributed by atoms with E-state index >= 15 is 0 Å². The fraction of sp³-hybridized carbons (Fsp3) is 0.512. The zero-order valence-electron chi connectivity index (χ0n) is 31.5. The summed E-state index contributed by atoms with van der Waals surface area (Å²) in [4.78, 5) is 60.5. The number of imide groups is 1. The number of likely N-dealkylation sites (tertiary alicyclic amines) is 1. The van der Waals surface area contributed by atoms with Crippen molar-refractivity contribution in [3.05, 3.63) is 71.7 Å². The van der Waals surface area contributed by atoms with Gasteiger partial charge in [-0.05, 0) is 86.5 Å². The van der Waals surface area contributed by atoms with Gasteiger partial charge in [0.2, 0.25) is 17.8 Å². The van der Waals surface area contributed by atoms with Gasteiger partial charge in [0.25, 0.3) is 5.91 Å². The second-order valence-electron chi connectivity index (χ2n) is 15.7. The highest BCUT2D eigenvalue weighted by Crippen LogP contribution is 2.35. The number of aromatic nitrogens is 4. The third-order valence-electron chi connectivity index (χ3n) is 12.0. The highest BCUT2D eigenvalue weighted by molar-refractivity contribution is 6.01. The number of amides is 3. The number of carbonyl (C=O) groups is 3. The van der Waals surface area contributed by atoms with Crippen LogP contribution in [-0.2, 0) is 9.59 Å². The molecule has 1 saturated carbocycles. The molecule has 8 rings (SSSR count). The zero-order chi connectivity index (χ0) is 37.2. The van der Waals surface area contributed by atoms with Crippen LogP contribution in [0.5, 0.6) is 0 Å². The van der Waals surface area contributed by atoms with Gasteiger partial charge in [-0.15, -0.1) is 0 Å². The first-order chi connectivity index (χ1) is 26.3. The molecule has 1 aromatic carbocycles. The molecule has 6 heterocycles. The van der Waals surface area contributed by atoms with Crippen molar-refractivity contribution >= 4 is 46.2 Å². The Morgan fingerprint density at radius 3 is 2.31 bits per heavy atom. The smallest absolute Gasteiger partial charge is 0.270 e. The van der Waals surface area contributed by atoms with Gasteiger partial charge in [-0.3, -0.25) is 24.6 Å². The van der Waals surface area contributed by atoms with Crippen molar-refractivity contribution in [2.24, 2.45) is 0 Å². The van der Waals surface area contributed by atoms with Crippen LogP contribution < -0.4 is 15.5 Å². The SMILES string of the molecule is CN(C)C(=O)c1cc2cnc(Nc3ccc(C4CCN(CCN5CCN(c6cccc(C7CCC(=O)NC7=O)c6)CC5)CC4)cn3)nc2n1C1CCCC1. The molecule has 1 aliphatic carbocycles. The third-order valence-corrected chi connectivity index (χ3v) is 12.0. The van der Waals surface area contributed by atoms with Crippen LogP contribution in [0.15, 0.2) is 54.9 Å². The van der Waals surface area contributed by atoms with E-state index in [-0.39, 0.29) is 29.7 Å². The predicted octanol–water partition coefficient (Wildman–Crippen LogP) is 4.91. The normalized spacial score (nSPS) is 20.8. The van der Waals surface area contributed by atoms with Crippen LogP contribution in [0.3, 0.4) is 0 Å². The Balaban J connectivity index is 0.803. The van der Waals surface area contributed by atoms with E-state index in [1.165, 1.54) is 18.4 Å². The Labute approximate surface area is 317 Å². The van der Waals surface area contributed by atoms with Gasteiger partial charge in [0.15, 0.2) is 0 Å². The van der Waals surface area contributed by atoms with Crippen LogP contribution in [0.4, 0.5) is 17.5 Å². The van der Waals surface area contributed by atoms with Crippen LogP contribution in [-0.4, -0.2) is 118 Å². The van der Waals surface area contributed by atoms with Crippen molar-refractivity contribution in [3.8, 4) is 0 Å². The summed E-state index contributed by atoms with van der Waals surface area (Å²) in [5.74, 6) is 1.07. The molecule has 4 aliphatic rings. The van der Waals surface area contributed by atoms with Crippen molar-refractivity contribution in [2.45, 2.75) is 69.2 Å². The largest absolute Gasteiger partial charge is 0.369 e. The van der Waals surface area contributed by atoms with Gasteiger partial charge < -0.3 is 24.6 Å². The number of hydrogen-bond donors (Lipinski definition) is 2. The number of fused-ring (bicyclic) bond motifs is 1. The Bertz CT molecular complexity index is 1970. The number of nitrogens with one attached hydrogen (secondary N) is 2. The van der Waals surface area contributed by atoms with Crippen LogP contribution in [0.2, 0.25) is 0 Å². The van der Waals surface area contributed by atoms with E-state index in [4.69, 9.17) is 9.97 Å². The topological polar surface area (TPSA) is 132 Å². The number of benzene rings is 1. The standard InChI is InChI=1S/C41H52N10O3/c1-47(2)40(54)35-25-31-27-43-41(46-38(31)51(35)32-7-3-4-8-32)44-36-12-10-30(26-42-36)28-14-16-48(17-15-28)18-19-49-20-22-50(23-21-49)33-9-5-6-29(24-33)34-11-13-37(52)45-39(34)53/h5-6,9-10,12,24-28,32,34H,3-4,7-8,11,13-23H2,1-2H3,(H,45,52,53)(H,42,43,44,46). The van der Waals surface area contributed by atoms with Crippen molar-refractivity contribution < 1.29 is 14.4 Å². The summed E-state index contributed by atoms with van der Waals surface area (Å²) in [5, 5.41) is 6.68. The first-order valence-corrected chi connectivity index (χ1v) is 19.7. The zero-order valence-corrected chi connectivity index (χ0v) is 31.5. The number of nitrogens with zero attached hydrogens (tertiary/aromatic N) is 8. The molecule has 1 unspecified atom stereocenters. The number of anilines is 3. The molecule has 3 saturated heterocycles. The molecule has 3 amide bonds. The first-order valence-electron chi connectivity index (χ1n) is 19.7. The first kappa shape index (κ1) is 36.1. The minimum absolute atomic E-state index is 0.0131. The fourth-order valence-corrected chi connectivity index (χ4v) is 8.78. The highest BCUT2D eigenvalue weighted by Gasteiger charge is 2.30. The molecular weight excluding hydrogens is 681 g/mol. The van der Waals surface area contributed by atoms with E-state index < -0.39 is 0 Å². The minimum Gasteiger partial charge on any atom is -0.369 e. The average molecular weight is 733 g/mol. The van der Waals surface area contributed by atoms with Crippen molar-refractivity contribution in [2.75, 3.05) is 76.7 Å². The molecule has 1 atom stereocenters. The molecule has 3 aromatic heterocycles. The van der Waals surface area contributed by atoms with Gasteiger partial charge in [0.1, 0.15) is 17.2 Å². The molecule has 3 aliphatic heterocycles. The second-order valence-corrected chi connectivity index (χ2v) is 15.7. The van der Waals surface area contributed by atoms with Gasteiger partial charge in [0, 0.05) is 89.3 Å². The predicted molar refractivity (Wildman–Crippen MR) is 209 cm³/mol. The average Bonchev–Trinajstić information content (AvgIpc) is 3.86. The lowest BCUT2D eigenvalue weighted by Crippen LogP contribution is -2.49. The van der Waals surface area contributed by atoms with Gasteiger partial charge in [-0.2, -0.15) is 4.98 Å². The molecule has 2 N–H and O–H groups in total. The van der Waals surface area contributed by atoms with Crippen molar-refractivity contribution in [3.63, 3.8) is 0 Å². The molecule has 13 heteroatoms. The van der Waals surface area contributed by atoms with Crippen molar-refractivity contribution in [1.29, 1.82) is 0 Å². The summed E-state index contributed by atoms with van der Waals surface area (Å²) in [5.41, 5.74) is 4.90. The van der Waals surface area contributed by atoms with Crippen LogP contribution >= 0.6 is 0 Å². The van der Waals surface area contributed by atoms with E-state index in [2.05, 4.69) is 53.1 Å². The summed E-state index contributed by atoms with van der Waals surface area (Å²) < 4.78 is 2.13. The number of piperazine rings is 1. The molecule has 0 bridgehead atoms. The Kier molecular flexibility index (Phi) is 10.6. The lowest BCUT2D eigenvalue weighted by Gasteiger charge is -2.38. The fourth-order valence-electron chi connectivity index (χ4n) is 8.78. The van der Waals surface area contributed by atoms with Crippen LogP contribution in [0.1, 0.15) is 90.9 Å². The summed E-state index contributed by atoms with van der Waals surface area (Å²) in [6.07, 6.45) is 11.5. The van der Waals surface area contributed by atoms with E-state index in [0.29, 0.717) is 36.2 Å². The number of pyridine rings is 1. The molecule has 284 valence electrons. The number of carbonyl (C=O) groups excluding carboxylic acids is 3. The molecular formula is C41H52N10O3. The van der Waals surface area contributed by atoms with Crippen LogP contribution in [0.25, 0.3) is 11.0 Å². The monoisotopic (exact) mass is 732 g/mol. The van der Waals surface area contributed by atoms with E-state index in [1.807, 2.05) is 30.5 Å². The van der Waals surface area contributed by atoms with Crippen molar-refractivity contribution in [1.82, 2.24) is 39.5 Å². The summed E-state index contributed by atoms with van der Waals surface area (Å²) in [6.45, 7) is 8.30. The van der Waals surface area contributed by atoms with Gasteiger partial charge >= 0.3 is 0 Å². The van der Waals surface area contributed by atoms with Gasteiger partial charge in [-0.25, -0.2) is 9.97 Å². The molecule has 4 aromatic rings. The molecule has 13 nitrogen and oxygen atoms in total. The van der Waals surface area contributed by atoms with Gasteiger partial charge in [-0.1, -0.05) is 31.0 Å². The lowest BCUT2D eigenvalue weighted by molar-refractivity contribution is -0.134. The van der Waals surface area contributed by atoms with Gasteiger partial charge in [0.05, 0.1) is 5.92 Å². The maximum absolute atomic E-state index is 13.1. The molecule has 0 spiro atoms. The number of hydrogen-bond acceptors (Lipinski definition) is 10. The summed E-state index contributed by atoms with van der Waals surface area (Å²) >= 11 is 0. The maximum atomic E-state index is 13.1. The van der Waals surface area contributed by atoms with E-state index in [9.17, 15) is 14.4 Å². The number of piperidine rings is 2. The lowest BCUT2D eigenvalue weighted by atomic mass is 9.90. The Morgan fingerprint density at radius 1 is 0.852 bits per heavy atom. The third kappa shape index (κ3) is 7.83. The summed E-state index contributed by atoms with van der Waals surface area (Å²) in [6, 6.07) is 14.7. The number of rotatable bonds is 10. The maximum Gasteiger partial charge on any atom is 0.270 e. The second kappa shape index (κ2) is 15.8. The molecule has 0 radical (unpaired) electrons.